The first-order chi connectivity index (χ1) is 40.5. The van der Waals surface area contributed by atoms with Crippen molar-refractivity contribution in [1.29, 1.82) is 0 Å². The lowest BCUT2D eigenvalue weighted by atomic mass is 10.1. The summed E-state index contributed by atoms with van der Waals surface area (Å²) in [5, 5.41) is 0. The third-order valence-corrected chi connectivity index (χ3v) is 13.8. The lowest BCUT2D eigenvalue weighted by Gasteiger charge is -2.18. The Labute approximate surface area is 505 Å². The molecule has 0 aromatic carbocycles. The van der Waals surface area contributed by atoms with Gasteiger partial charge >= 0.3 is 17.9 Å². The van der Waals surface area contributed by atoms with Gasteiger partial charge in [0.1, 0.15) is 13.2 Å². The SMILES string of the molecule is CC/C=C\C/C=C\C/C=C\C/C=C\C/C=C\C/C=C\C/C=C\C/C=C\C/C=C\C/C=C\CCCCCCC(=O)OCC(COC(=O)CCCCCCCCCC)OC(=O)CCCCCCCC/C=C\C/C=C\C/C=C\CCCCCCC. The van der Waals surface area contributed by atoms with E-state index < -0.39 is 6.10 Å². The van der Waals surface area contributed by atoms with Gasteiger partial charge in [-0.1, -0.05) is 288 Å². The van der Waals surface area contributed by atoms with Crippen LogP contribution in [0.3, 0.4) is 0 Å². The summed E-state index contributed by atoms with van der Waals surface area (Å²) in [4.78, 5) is 38.2. The van der Waals surface area contributed by atoms with Crippen LogP contribution in [0, 0.1) is 0 Å². The second-order valence-corrected chi connectivity index (χ2v) is 21.6. The maximum atomic E-state index is 12.9. The minimum absolute atomic E-state index is 0.0955. The predicted octanol–water partition coefficient (Wildman–Crippen LogP) is 23.3. The Morgan fingerprint density at radius 3 is 0.744 bits per heavy atom. The standard InChI is InChI=1S/C76H122O6/c1-4-7-10-13-16-19-21-23-25-27-29-31-32-33-34-35-36-37-38-39-40-41-42-43-44-46-47-49-51-53-55-57-60-63-66-69-75(78)81-72-73(71-80-74(77)68-65-62-59-18-15-12-9-6-3)82-76(79)70-67-64-61-58-56-54-52-50-48-45-30-28-26-24-22-20-17-14-11-8-5-2/h7,10,16,19,22-25,28-31,33-34,36-37,39-40,42-43,46-48,50-51,53,73H,4-6,8-9,11-15,17-18,20-21,26-27,32,35,38,41,44-45,49,52,54-72H2,1-3H3/b10-7-,19-16-,24-22-,25-23-,30-28-,31-29-,34-33-,37-36-,40-39-,43-42-,47-46-,50-48-,53-51-. The molecule has 0 amide bonds. The molecule has 0 aliphatic carbocycles. The summed E-state index contributed by atoms with van der Waals surface area (Å²) < 4.78 is 16.8. The molecule has 0 spiro atoms. The first-order valence-corrected chi connectivity index (χ1v) is 33.5. The summed E-state index contributed by atoms with van der Waals surface area (Å²) in [6.07, 6.45) is 99.8. The molecular formula is C76H122O6. The van der Waals surface area contributed by atoms with Gasteiger partial charge in [-0.25, -0.2) is 0 Å². The second-order valence-electron chi connectivity index (χ2n) is 21.6. The van der Waals surface area contributed by atoms with Gasteiger partial charge in [0.05, 0.1) is 0 Å². The quantitative estimate of drug-likeness (QED) is 0.0261. The van der Waals surface area contributed by atoms with E-state index in [0.717, 1.165) is 161 Å². The average molecular weight is 1130 g/mol. The van der Waals surface area contributed by atoms with Crippen LogP contribution >= 0.6 is 0 Å². The number of unbranched alkanes of at least 4 members (excludes halogenated alkanes) is 22. The molecule has 1 unspecified atom stereocenters. The maximum absolute atomic E-state index is 12.9. The second kappa shape index (κ2) is 68.5. The van der Waals surface area contributed by atoms with Gasteiger partial charge in [0.15, 0.2) is 6.10 Å². The molecule has 0 heterocycles. The van der Waals surface area contributed by atoms with Gasteiger partial charge in [-0.05, 0) is 135 Å². The zero-order chi connectivity index (χ0) is 59.2. The van der Waals surface area contributed by atoms with E-state index in [1.54, 1.807) is 0 Å². The van der Waals surface area contributed by atoms with Gasteiger partial charge in [-0.15, -0.1) is 0 Å². The molecule has 0 fully saturated rings. The summed E-state index contributed by atoms with van der Waals surface area (Å²) in [6.45, 7) is 6.45. The summed E-state index contributed by atoms with van der Waals surface area (Å²) in [5.74, 6) is -0.941. The van der Waals surface area contributed by atoms with Gasteiger partial charge in [-0.2, -0.15) is 0 Å². The zero-order valence-corrected chi connectivity index (χ0v) is 52.9. The van der Waals surface area contributed by atoms with Crippen LogP contribution in [0.2, 0.25) is 0 Å². The summed E-state index contributed by atoms with van der Waals surface area (Å²) in [5.41, 5.74) is 0. The highest BCUT2D eigenvalue weighted by Crippen LogP contribution is 2.14. The van der Waals surface area contributed by atoms with Crippen LogP contribution in [0.5, 0.6) is 0 Å². The van der Waals surface area contributed by atoms with Crippen LogP contribution in [0.15, 0.2) is 158 Å². The molecule has 82 heavy (non-hydrogen) atoms. The van der Waals surface area contributed by atoms with Crippen molar-refractivity contribution in [3.8, 4) is 0 Å². The van der Waals surface area contributed by atoms with E-state index in [1.165, 1.54) is 83.5 Å². The molecule has 0 aliphatic heterocycles. The average Bonchev–Trinajstić information content (AvgIpc) is 3.47. The number of hydrogen-bond donors (Lipinski definition) is 0. The normalized spacial score (nSPS) is 13.2. The Morgan fingerprint density at radius 2 is 0.476 bits per heavy atom. The van der Waals surface area contributed by atoms with E-state index in [4.69, 9.17) is 14.2 Å². The summed E-state index contributed by atoms with van der Waals surface area (Å²) in [6, 6.07) is 0. The third-order valence-electron chi connectivity index (χ3n) is 13.8. The Hall–Kier alpha value is -4.97. The number of carbonyl (C=O) groups excluding carboxylic acids is 3. The van der Waals surface area contributed by atoms with Crippen LogP contribution in [0.1, 0.15) is 284 Å². The number of carbonyl (C=O) groups is 3. The third kappa shape index (κ3) is 65.8. The maximum Gasteiger partial charge on any atom is 0.306 e. The summed E-state index contributed by atoms with van der Waals surface area (Å²) >= 11 is 0. The van der Waals surface area contributed by atoms with Crippen molar-refractivity contribution in [2.75, 3.05) is 13.2 Å². The van der Waals surface area contributed by atoms with Crippen molar-refractivity contribution < 1.29 is 28.6 Å². The van der Waals surface area contributed by atoms with Crippen LogP contribution in [0.25, 0.3) is 0 Å². The molecule has 0 aliphatic rings. The first-order valence-electron chi connectivity index (χ1n) is 33.5. The molecule has 0 N–H and O–H groups in total. The number of allylic oxidation sites excluding steroid dienone is 26. The number of esters is 3. The molecule has 462 valence electrons. The van der Waals surface area contributed by atoms with Crippen LogP contribution in [0.4, 0.5) is 0 Å². The van der Waals surface area contributed by atoms with Crippen LogP contribution in [-0.2, 0) is 28.6 Å². The molecule has 0 bridgehead atoms. The van der Waals surface area contributed by atoms with Crippen LogP contribution < -0.4 is 0 Å². The van der Waals surface area contributed by atoms with Crippen molar-refractivity contribution >= 4 is 17.9 Å². The number of ether oxygens (including phenoxy) is 3. The van der Waals surface area contributed by atoms with Crippen molar-refractivity contribution in [3.63, 3.8) is 0 Å². The first kappa shape index (κ1) is 77.0. The largest absolute Gasteiger partial charge is 0.462 e. The van der Waals surface area contributed by atoms with E-state index in [9.17, 15) is 14.4 Å². The molecule has 0 aromatic rings. The Morgan fingerprint density at radius 1 is 0.256 bits per heavy atom. The van der Waals surface area contributed by atoms with E-state index in [-0.39, 0.29) is 31.1 Å². The number of hydrogen-bond acceptors (Lipinski definition) is 6. The van der Waals surface area contributed by atoms with Crippen molar-refractivity contribution in [3.05, 3.63) is 158 Å². The van der Waals surface area contributed by atoms with E-state index in [1.807, 2.05) is 0 Å². The molecule has 0 saturated carbocycles. The Kier molecular flexibility index (Phi) is 64.4. The minimum atomic E-state index is -0.801. The van der Waals surface area contributed by atoms with Gasteiger partial charge in [0, 0.05) is 19.3 Å². The van der Waals surface area contributed by atoms with Gasteiger partial charge < -0.3 is 14.2 Å². The van der Waals surface area contributed by atoms with Gasteiger partial charge in [-0.3, -0.25) is 14.4 Å². The highest BCUT2D eigenvalue weighted by atomic mass is 16.6. The van der Waals surface area contributed by atoms with E-state index in [2.05, 4.69) is 179 Å². The molecule has 6 nitrogen and oxygen atoms in total. The molecular weight excluding hydrogens is 1010 g/mol. The Balaban J connectivity index is 4.27. The van der Waals surface area contributed by atoms with Gasteiger partial charge in [0.25, 0.3) is 0 Å². The van der Waals surface area contributed by atoms with E-state index >= 15 is 0 Å². The highest BCUT2D eigenvalue weighted by molar-refractivity contribution is 5.71. The fraction of sp³-hybridized carbons (Fsp3) is 0.618. The fourth-order valence-electron chi connectivity index (χ4n) is 8.77. The van der Waals surface area contributed by atoms with Crippen molar-refractivity contribution in [2.45, 2.75) is 290 Å². The Bertz CT molecular complexity index is 1830. The molecule has 0 rings (SSSR count). The summed E-state index contributed by atoms with van der Waals surface area (Å²) in [7, 11) is 0. The van der Waals surface area contributed by atoms with Crippen molar-refractivity contribution in [1.82, 2.24) is 0 Å². The minimum Gasteiger partial charge on any atom is -0.462 e. The molecule has 6 heteroatoms. The van der Waals surface area contributed by atoms with Crippen LogP contribution in [-0.4, -0.2) is 37.2 Å². The molecule has 0 aromatic heterocycles. The predicted molar refractivity (Wildman–Crippen MR) is 357 cm³/mol. The fourth-order valence-corrected chi connectivity index (χ4v) is 8.77. The smallest absolute Gasteiger partial charge is 0.306 e. The molecule has 0 saturated heterocycles. The molecule has 1 atom stereocenters. The van der Waals surface area contributed by atoms with Crippen molar-refractivity contribution in [2.24, 2.45) is 0 Å². The zero-order valence-electron chi connectivity index (χ0n) is 52.9. The lowest BCUT2D eigenvalue weighted by Crippen LogP contribution is -2.30. The van der Waals surface area contributed by atoms with Gasteiger partial charge in [0.2, 0.25) is 0 Å². The highest BCUT2D eigenvalue weighted by Gasteiger charge is 2.19. The monoisotopic (exact) mass is 1130 g/mol. The van der Waals surface area contributed by atoms with E-state index in [0.29, 0.717) is 19.3 Å². The topological polar surface area (TPSA) is 78.9 Å². The molecule has 0 radical (unpaired) electrons. The number of rotatable bonds is 59. The lowest BCUT2D eigenvalue weighted by molar-refractivity contribution is -0.167.